The highest BCUT2D eigenvalue weighted by molar-refractivity contribution is 8.00. The molecule has 0 spiro atoms. The summed E-state index contributed by atoms with van der Waals surface area (Å²) in [6.07, 6.45) is 0. The van der Waals surface area contributed by atoms with E-state index in [4.69, 9.17) is 9.15 Å². The summed E-state index contributed by atoms with van der Waals surface area (Å²) in [6.45, 7) is 1.94. The third-order valence-corrected chi connectivity index (χ3v) is 5.98. The van der Waals surface area contributed by atoms with Crippen molar-refractivity contribution >= 4 is 33.9 Å². The van der Waals surface area contributed by atoms with Gasteiger partial charge in [0.1, 0.15) is 11.5 Å². The normalized spacial score (nSPS) is 10.8. The summed E-state index contributed by atoms with van der Waals surface area (Å²) in [4.78, 5) is 4.63. The minimum absolute atomic E-state index is 0.646. The number of aromatic nitrogens is 3. The minimum Gasteiger partial charge on any atom is -0.497 e. The molecule has 0 atom stereocenters. The molecular weight excluding hydrogens is 392 g/mol. The summed E-state index contributed by atoms with van der Waals surface area (Å²) in [5.41, 5.74) is 2.83. The summed E-state index contributed by atoms with van der Waals surface area (Å²) in [6, 6.07) is 17.6. The predicted molar refractivity (Wildman–Crippen MR) is 112 cm³/mol. The molecule has 4 rings (SSSR count). The average Bonchev–Trinajstić information content (AvgIpc) is 3.34. The van der Waals surface area contributed by atoms with Crippen molar-refractivity contribution in [3.05, 3.63) is 66.1 Å². The lowest BCUT2D eigenvalue weighted by atomic mass is 10.2. The molecule has 0 bridgehead atoms. The van der Waals surface area contributed by atoms with Crippen LogP contribution in [0.5, 0.6) is 5.75 Å². The Morgan fingerprint density at radius 1 is 1.07 bits per heavy atom. The lowest BCUT2D eigenvalue weighted by molar-refractivity contribution is 0.415. The molecular formula is C20H18N4O2S2. The van der Waals surface area contributed by atoms with E-state index in [-0.39, 0.29) is 0 Å². The Morgan fingerprint density at radius 2 is 1.86 bits per heavy atom. The van der Waals surface area contributed by atoms with Crippen LogP contribution in [0.3, 0.4) is 0 Å². The maximum atomic E-state index is 5.81. The van der Waals surface area contributed by atoms with Gasteiger partial charge in [-0.3, -0.25) is 0 Å². The lowest BCUT2D eigenvalue weighted by Gasteiger charge is -2.03. The van der Waals surface area contributed by atoms with Crippen molar-refractivity contribution in [1.82, 2.24) is 15.2 Å². The van der Waals surface area contributed by atoms with E-state index in [1.165, 1.54) is 11.3 Å². The van der Waals surface area contributed by atoms with Gasteiger partial charge in [0, 0.05) is 17.0 Å². The molecule has 8 heteroatoms. The largest absolute Gasteiger partial charge is 0.497 e. The van der Waals surface area contributed by atoms with E-state index >= 15 is 0 Å². The molecule has 0 unspecified atom stereocenters. The quantitative estimate of drug-likeness (QED) is 0.401. The van der Waals surface area contributed by atoms with Crippen molar-refractivity contribution in [3.63, 3.8) is 0 Å². The number of benzene rings is 2. The van der Waals surface area contributed by atoms with Crippen molar-refractivity contribution in [2.45, 2.75) is 17.0 Å². The summed E-state index contributed by atoms with van der Waals surface area (Å²) >= 11 is 3.10. The molecule has 28 heavy (non-hydrogen) atoms. The standard InChI is InChI=1S/C20H18N4O2S2/c1-13-17(22-18(26-13)14-6-4-3-5-7-14)12-27-20-24-23-19(28-20)21-15-8-10-16(25-2)11-9-15/h3-11H,12H2,1-2H3,(H,21,23). The van der Waals surface area contributed by atoms with Gasteiger partial charge in [0.25, 0.3) is 0 Å². The first-order valence-corrected chi connectivity index (χ1v) is 10.4. The van der Waals surface area contributed by atoms with Gasteiger partial charge in [-0.2, -0.15) is 0 Å². The zero-order chi connectivity index (χ0) is 19.3. The Hall–Kier alpha value is -2.84. The number of anilines is 2. The number of nitrogens with zero attached hydrogens (tertiary/aromatic N) is 3. The molecule has 0 saturated heterocycles. The topological polar surface area (TPSA) is 73.1 Å². The summed E-state index contributed by atoms with van der Waals surface area (Å²) < 4.78 is 11.9. The Labute approximate surface area is 171 Å². The maximum absolute atomic E-state index is 5.81. The zero-order valence-electron chi connectivity index (χ0n) is 15.4. The van der Waals surface area contributed by atoms with Crippen LogP contribution in [0.15, 0.2) is 63.4 Å². The van der Waals surface area contributed by atoms with Crippen LogP contribution in [-0.4, -0.2) is 22.3 Å². The monoisotopic (exact) mass is 410 g/mol. The van der Waals surface area contributed by atoms with Crippen molar-refractivity contribution in [3.8, 4) is 17.2 Å². The molecule has 0 radical (unpaired) electrons. The van der Waals surface area contributed by atoms with Crippen LogP contribution < -0.4 is 10.1 Å². The molecule has 2 heterocycles. The molecule has 0 aliphatic heterocycles. The number of ether oxygens (including phenoxy) is 1. The van der Waals surface area contributed by atoms with E-state index in [0.717, 1.165) is 37.9 Å². The summed E-state index contributed by atoms with van der Waals surface area (Å²) in [7, 11) is 1.65. The number of thioether (sulfide) groups is 1. The molecule has 4 aromatic rings. The molecule has 2 aromatic carbocycles. The summed E-state index contributed by atoms with van der Waals surface area (Å²) in [5, 5.41) is 12.4. The van der Waals surface area contributed by atoms with Crippen LogP contribution >= 0.6 is 23.1 Å². The highest BCUT2D eigenvalue weighted by Crippen LogP contribution is 2.32. The number of aryl methyl sites for hydroxylation is 1. The van der Waals surface area contributed by atoms with Gasteiger partial charge in [0.2, 0.25) is 11.0 Å². The number of hydrogen-bond acceptors (Lipinski definition) is 8. The SMILES string of the molecule is COc1ccc(Nc2nnc(SCc3nc(-c4ccccc4)oc3C)s2)cc1. The lowest BCUT2D eigenvalue weighted by Crippen LogP contribution is -1.89. The van der Waals surface area contributed by atoms with Gasteiger partial charge in [-0.25, -0.2) is 4.98 Å². The molecule has 0 amide bonds. The number of rotatable bonds is 7. The van der Waals surface area contributed by atoms with Gasteiger partial charge < -0.3 is 14.5 Å². The van der Waals surface area contributed by atoms with Crippen LogP contribution in [0.4, 0.5) is 10.8 Å². The molecule has 142 valence electrons. The fraction of sp³-hybridized carbons (Fsp3) is 0.150. The van der Waals surface area contributed by atoms with E-state index in [1.807, 2.05) is 61.5 Å². The number of hydrogen-bond donors (Lipinski definition) is 1. The smallest absolute Gasteiger partial charge is 0.226 e. The fourth-order valence-corrected chi connectivity index (χ4v) is 4.29. The third-order valence-electron chi connectivity index (χ3n) is 3.99. The molecule has 2 aromatic heterocycles. The zero-order valence-corrected chi connectivity index (χ0v) is 17.0. The van der Waals surface area contributed by atoms with Crippen molar-refractivity contribution in [2.24, 2.45) is 0 Å². The van der Waals surface area contributed by atoms with Crippen molar-refractivity contribution < 1.29 is 9.15 Å². The highest BCUT2D eigenvalue weighted by Gasteiger charge is 2.13. The second-order valence-electron chi connectivity index (χ2n) is 5.90. The van der Waals surface area contributed by atoms with E-state index in [0.29, 0.717) is 11.6 Å². The van der Waals surface area contributed by atoms with E-state index in [1.54, 1.807) is 18.9 Å². The van der Waals surface area contributed by atoms with E-state index in [2.05, 4.69) is 20.5 Å². The van der Waals surface area contributed by atoms with E-state index < -0.39 is 0 Å². The molecule has 0 saturated carbocycles. The van der Waals surface area contributed by atoms with Crippen LogP contribution in [0.1, 0.15) is 11.5 Å². The first-order valence-electron chi connectivity index (χ1n) is 8.60. The Kier molecular flexibility index (Phi) is 5.59. The summed E-state index contributed by atoms with van der Waals surface area (Å²) in [5.74, 6) is 2.97. The molecule has 0 fully saturated rings. The molecule has 0 aliphatic carbocycles. The van der Waals surface area contributed by atoms with Crippen LogP contribution in [-0.2, 0) is 5.75 Å². The number of oxazole rings is 1. The van der Waals surface area contributed by atoms with Crippen LogP contribution in [0, 0.1) is 6.92 Å². The van der Waals surface area contributed by atoms with Crippen molar-refractivity contribution in [1.29, 1.82) is 0 Å². The number of methoxy groups -OCH3 is 1. The number of nitrogens with one attached hydrogen (secondary N) is 1. The predicted octanol–water partition coefficient (Wildman–Crippen LogP) is 5.55. The maximum Gasteiger partial charge on any atom is 0.226 e. The van der Waals surface area contributed by atoms with Gasteiger partial charge in [0.05, 0.1) is 12.8 Å². The second-order valence-corrected chi connectivity index (χ2v) is 8.10. The molecule has 0 aliphatic rings. The third kappa shape index (κ3) is 4.35. The first-order chi connectivity index (χ1) is 13.7. The average molecular weight is 411 g/mol. The minimum atomic E-state index is 0.646. The Morgan fingerprint density at radius 3 is 2.61 bits per heavy atom. The van der Waals surface area contributed by atoms with Gasteiger partial charge in [-0.05, 0) is 43.3 Å². The van der Waals surface area contributed by atoms with Gasteiger partial charge in [-0.1, -0.05) is 41.3 Å². The van der Waals surface area contributed by atoms with Crippen molar-refractivity contribution in [2.75, 3.05) is 12.4 Å². The van der Waals surface area contributed by atoms with Gasteiger partial charge in [-0.15, -0.1) is 10.2 Å². The second kappa shape index (κ2) is 8.45. The molecule has 6 nitrogen and oxygen atoms in total. The fourth-order valence-electron chi connectivity index (χ4n) is 2.51. The van der Waals surface area contributed by atoms with Gasteiger partial charge in [0.15, 0.2) is 4.34 Å². The first kappa shape index (κ1) is 18.5. The molecule has 1 N–H and O–H groups in total. The Bertz CT molecular complexity index is 1050. The van der Waals surface area contributed by atoms with E-state index in [9.17, 15) is 0 Å². The van der Waals surface area contributed by atoms with Crippen LogP contribution in [0.25, 0.3) is 11.5 Å². The van der Waals surface area contributed by atoms with Crippen LogP contribution in [0.2, 0.25) is 0 Å². The Balaban J connectivity index is 1.38. The highest BCUT2D eigenvalue weighted by atomic mass is 32.2. The van der Waals surface area contributed by atoms with Gasteiger partial charge >= 0.3 is 0 Å².